The van der Waals surface area contributed by atoms with Crippen molar-refractivity contribution in [2.75, 3.05) is 0 Å². The maximum Gasteiger partial charge on any atom is 0.0978 e. The molecule has 0 fully saturated rings. The first kappa shape index (κ1) is 31.5. The zero-order valence-electron chi connectivity index (χ0n) is 31.4. The van der Waals surface area contributed by atoms with Crippen molar-refractivity contribution < 1.29 is 0 Å². The Balaban J connectivity index is 1.16. The molecule has 0 saturated heterocycles. The normalized spacial score (nSPS) is 12.1. The Hall–Kier alpha value is -7.68. The third-order valence-electron chi connectivity index (χ3n) is 12.5. The molecule has 0 radical (unpaired) electrons. The standard InChI is InChI=1S/C56H32N2/c1-3-9-33(10-4-1)49-31-47(41-25-21-39-19-17-35-13-7-15-37-23-27-43(41)53(39)51(35)37)45-29-30-46-48(32-50(34-11-5-2-6-12-34)58-56(46)55(45)57-49)42-26-22-40-20-18-36-14-8-16-38-24-28-44(42)54(40)52(36)38/h1-32H. The molecule has 11 aromatic carbocycles. The molecule has 0 atom stereocenters. The van der Waals surface area contributed by atoms with Gasteiger partial charge in [0.2, 0.25) is 0 Å². The summed E-state index contributed by atoms with van der Waals surface area (Å²) in [5.41, 5.74) is 10.5. The molecule has 0 N–H and O–H groups in total. The monoisotopic (exact) mass is 732 g/mol. The number of benzene rings is 11. The van der Waals surface area contributed by atoms with E-state index in [-0.39, 0.29) is 0 Å². The molecule has 13 aromatic rings. The number of fused-ring (bicyclic) bond motifs is 3. The lowest BCUT2D eigenvalue weighted by Gasteiger charge is -2.19. The molecule has 0 aliphatic rings. The van der Waals surface area contributed by atoms with Crippen LogP contribution in [0.2, 0.25) is 0 Å². The fourth-order valence-electron chi connectivity index (χ4n) is 9.87. The number of hydrogen-bond acceptors (Lipinski definition) is 2. The van der Waals surface area contributed by atoms with Crippen LogP contribution in [-0.2, 0) is 0 Å². The third kappa shape index (κ3) is 4.48. The molecular formula is C56H32N2. The molecule has 2 aromatic heterocycles. The van der Waals surface area contributed by atoms with Gasteiger partial charge in [0, 0.05) is 21.9 Å². The van der Waals surface area contributed by atoms with Crippen LogP contribution in [0.3, 0.4) is 0 Å². The van der Waals surface area contributed by atoms with E-state index in [9.17, 15) is 0 Å². The number of pyridine rings is 2. The molecule has 0 aliphatic heterocycles. The van der Waals surface area contributed by atoms with Gasteiger partial charge in [-0.15, -0.1) is 0 Å². The van der Waals surface area contributed by atoms with E-state index in [2.05, 4.69) is 194 Å². The fraction of sp³-hybridized carbons (Fsp3) is 0. The summed E-state index contributed by atoms with van der Waals surface area (Å²) in [6.07, 6.45) is 0. The topological polar surface area (TPSA) is 25.8 Å². The van der Waals surface area contributed by atoms with E-state index in [1.165, 1.54) is 75.8 Å². The average molecular weight is 733 g/mol. The Morgan fingerprint density at radius 1 is 0.241 bits per heavy atom. The molecule has 0 saturated carbocycles. The maximum atomic E-state index is 5.56. The summed E-state index contributed by atoms with van der Waals surface area (Å²) >= 11 is 0. The molecule has 2 heterocycles. The van der Waals surface area contributed by atoms with Crippen LogP contribution >= 0.6 is 0 Å². The van der Waals surface area contributed by atoms with Gasteiger partial charge in [0.1, 0.15) is 0 Å². The van der Waals surface area contributed by atoms with Crippen LogP contribution in [-0.4, -0.2) is 9.97 Å². The van der Waals surface area contributed by atoms with Crippen molar-refractivity contribution in [2.45, 2.75) is 0 Å². The summed E-state index contributed by atoms with van der Waals surface area (Å²) in [5.74, 6) is 0. The van der Waals surface area contributed by atoms with Gasteiger partial charge >= 0.3 is 0 Å². The smallest absolute Gasteiger partial charge is 0.0978 e. The van der Waals surface area contributed by atoms with Crippen molar-refractivity contribution >= 4 is 86.4 Å². The fourth-order valence-corrected chi connectivity index (χ4v) is 9.87. The van der Waals surface area contributed by atoms with E-state index in [0.717, 1.165) is 55.4 Å². The molecule has 2 heteroatoms. The lowest BCUT2D eigenvalue weighted by atomic mass is 9.87. The van der Waals surface area contributed by atoms with E-state index >= 15 is 0 Å². The number of aromatic nitrogens is 2. The second kappa shape index (κ2) is 11.9. The zero-order chi connectivity index (χ0) is 37.9. The molecular weight excluding hydrogens is 701 g/mol. The summed E-state index contributed by atoms with van der Waals surface area (Å²) in [4.78, 5) is 11.1. The lowest BCUT2D eigenvalue weighted by molar-refractivity contribution is 1.36. The van der Waals surface area contributed by atoms with E-state index in [1.54, 1.807) is 0 Å². The summed E-state index contributed by atoms with van der Waals surface area (Å²) in [6.45, 7) is 0. The first-order valence-electron chi connectivity index (χ1n) is 20.0. The highest BCUT2D eigenvalue weighted by molar-refractivity contribution is 6.28. The van der Waals surface area contributed by atoms with Crippen molar-refractivity contribution in [2.24, 2.45) is 0 Å². The second-order valence-corrected chi connectivity index (χ2v) is 15.6. The first-order chi connectivity index (χ1) is 28.7. The van der Waals surface area contributed by atoms with Crippen LogP contribution in [0.15, 0.2) is 194 Å². The Labute approximate surface area is 334 Å². The van der Waals surface area contributed by atoms with Crippen LogP contribution in [0, 0.1) is 0 Å². The number of nitrogens with zero attached hydrogens (tertiary/aromatic N) is 2. The van der Waals surface area contributed by atoms with Crippen LogP contribution in [0.1, 0.15) is 0 Å². The van der Waals surface area contributed by atoms with E-state index < -0.39 is 0 Å². The second-order valence-electron chi connectivity index (χ2n) is 15.6. The van der Waals surface area contributed by atoms with Gasteiger partial charge in [0.15, 0.2) is 0 Å². The van der Waals surface area contributed by atoms with Crippen LogP contribution in [0.5, 0.6) is 0 Å². The van der Waals surface area contributed by atoms with Crippen molar-refractivity contribution in [3.8, 4) is 44.8 Å². The quantitative estimate of drug-likeness (QED) is 0.168. The van der Waals surface area contributed by atoms with Crippen molar-refractivity contribution in [3.63, 3.8) is 0 Å². The Bertz CT molecular complexity index is 3490. The Morgan fingerprint density at radius 2 is 0.586 bits per heavy atom. The maximum absolute atomic E-state index is 5.56. The van der Waals surface area contributed by atoms with Gasteiger partial charge in [-0.1, -0.05) is 182 Å². The summed E-state index contributed by atoms with van der Waals surface area (Å²) in [7, 11) is 0. The molecule has 58 heavy (non-hydrogen) atoms. The highest BCUT2D eigenvalue weighted by Crippen LogP contribution is 2.46. The van der Waals surface area contributed by atoms with Crippen molar-refractivity contribution in [1.82, 2.24) is 9.97 Å². The highest BCUT2D eigenvalue weighted by Gasteiger charge is 2.21. The molecule has 0 aliphatic carbocycles. The van der Waals surface area contributed by atoms with Gasteiger partial charge < -0.3 is 0 Å². The van der Waals surface area contributed by atoms with Gasteiger partial charge in [-0.05, 0) is 99.0 Å². The summed E-state index contributed by atoms with van der Waals surface area (Å²) < 4.78 is 0. The zero-order valence-corrected chi connectivity index (χ0v) is 31.4. The van der Waals surface area contributed by atoms with Gasteiger partial charge in [-0.25, -0.2) is 9.97 Å². The highest BCUT2D eigenvalue weighted by atomic mass is 14.8. The minimum atomic E-state index is 0.899. The van der Waals surface area contributed by atoms with Gasteiger partial charge in [-0.2, -0.15) is 0 Å². The largest absolute Gasteiger partial charge is 0.245 e. The van der Waals surface area contributed by atoms with Crippen LogP contribution in [0.25, 0.3) is 131 Å². The SMILES string of the molecule is c1ccc(-c2cc(-c3ccc4ccc5cccc6ccc3c4c56)c3ccc4c(-c5ccc6ccc7cccc8ccc5c6c78)cc(-c5ccccc5)nc4c3n2)cc1. The molecule has 13 rings (SSSR count). The van der Waals surface area contributed by atoms with Crippen molar-refractivity contribution in [1.29, 1.82) is 0 Å². The van der Waals surface area contributed by atoms with E-state index in [0.29, 0.717) is 0 Å². The summed E-state index contributed by atoms with van der Waals surface area (Å²) in [5, 5.41) is 17.5. The molecule has 0 spiro atoms. The first-order valence-corrected chi connectivity index (χ1v) is 20.0. The van der Waals surface area contributed by atoms with E-state index in [4.69, 9.17) is 9.97 Å². The summed E-state index contributed by atoms with van der Waals surface area (Å²) in [6, 6.07) is 70.9. The van der Waals surface area contributed by atoms with Gasteiger partial charge in [0.25, 0.3) is 0 Å². The van der Waals surface area contributed by atoms with E-state index in [1.807, 2.05) is 0 Å². The minimum absolute atomic E-state index is 0.899. The van der Waals surface area contributed by atoms with Crippen molar-refractivity contribution in [3.05, 3.63) is 194 Å². The third-order valence-corrected chi connectivity index (χ3v) is 12.5. The Morgan fingerprint density at radius 3 is 1.00 bits per heavy atom. The van der Waals surface area contributed by atoms with Crippen LogP contribution < -0.4 is 0 Å². The predicted molar refractivity (Wildman–Crippen MR) is 246 cm³/mol. The Kier molecular flexibility index (Phi) is 6.47. The van der Waals surface area contributed by atoms with Gasteiger partial charge in [0.05, 0.1) is 22.4 Å². The minimum Gasteiger partial charge on any atom is -0.245 e. The van der Waals surface area contributed by atoms with Gasteiger partial charge in [-0.3, -0.25) is 0 Å². The predicted octanol–water partition coefficient (Wildman–Crippen LogP) is 15.2. The lowest BCUT2D eigenvalue weighted by Crippen LogP contribution is -1.96. The average Bonchev–Trinajstić information content (AvgIpc) is 3.29. The number of hydrogen-bond donors (Lipinski definition) is 0. The molecule has 0 amide bonds. The molecule has 0 unspecified atom stereocenters. The molecule has 2 nitrogen and oxygen atoms in total. The molecule has 266 valence electrons. The van der Waals surface area contributed by atoms with Crippen LogP contribution in [0.4, 0.5) is 0 Å². The molecule has 0 bridgehead atoms. The number of rotatable bonds is 4.